The summed E-state index contributed by atoms with van der Waals surface area (Å²) in [5.74, 6) is 0. The minimum Gasteiger partial charge on any atom is -1.00 e. The van der Waals surface area contributed by atoms with Gasteiger partial charge in [-0.2, -0.15) is 0 Å². The monoisotopic (exact) mass is 816 g/mol. The Bertz CT molecular complexity index is 1280. The van der Waals surface area contributed by atoms with Gasteiger partial charge in [-0.05, 0) is 123 Å². The van der Waals surface area contributed by atoms with E-state index in [-0.39, 0.29) is 54.3 Å². The number of halogens is 4. The van der Waals surface area contributed by atoms with Gasteiger partial charge in [0.25, 0.3) is 0 Å². The van der Waals surface area contributed by atoms with Gasteiger partial charge < -0.3 is 37.2 Å². The standard InChI is InChI=1S/C43H62ClN3.3ClH.Fe/c1-7-13-19-33-25-35(21-15-9-3)42(36(26-33)22-16-10-4)45-31-40-29-39(44)30-41(47-40)32-46-43-37(23-17-11-5)27-34(20-14-8-2)28-38(43)24-18-12-6;;;;/h25-32H,7-24H2,1-6H3;3*1H;/q;;;;+3/p-3. The van der Waals surface area contributed by atoms with Gasteiger partial charge in [0.15, 0.2) is 0 Å². The third-order valence-corrected chi connectivity index (χ3v) is 9.19. The molecule has 0 unspecified atom stereocenters. The Morgan fingerprint density at radius 3 is 1.02 bits per heavy atom. The van der Waals surface area contributed by atoms with Gasteiger partial charge in [-0.3, -0.25) is 9.98 Å². The van der Waals surface area contributed by atoms with Gasteiger partial charge >= 0.3 is 17.1 Å². The van der Waals surface area contributed by atoms with E-state index in [1.165, 1.54) is 110 Å². The molecule has 0 atom stereocenters. The van der Waals surface area contributed by atoms with Crippen LogP contribution in [0.15, 0.2) is 46.4 Å². The van der Waals surface area contributed by atoms with Crippen molar-refractivity contribution in [2.24, 2.45) is 9.98 Å². The molecule has 0 saturated heterocycles. The topological polar surface area (TPSA) is 37.6 Å². The summed E-state index contributed by atoms with van der Waals surface area (Å²) < 4.78 is 0. The van der Waals surface area contributed by atoms with Crippen LogP contribution >= 0.6 is 11.6 Å². The summed E-state index contributed by atoms with van der Waals surface area (Å²) >= 11 is 6.69. The molecular formula is C43H62Cl4FeN3. The average molecular weight is 819 g/mol. The normalized spacial score (nSPS) is 10.9. The molecule has 3 aromatic rings. The Labute approximate surface area is 345 Å². The Hall–Kier alpha value is -1.39. The fraction of sp³-hybridized carbons (Fsp3) is 0.558. The number of unbranched alkanes of at least 4 members (excludes halogenated alkanes) is 6. The van der Waals surface area contributed by atoms with E-state index in [2.05, 4.69) is 65.8 Å². The number of rotatable bonds is 22. The number of pyridine rings is 1. The van der Waals surface area contributed by atoms with Gasteiger partial charge in [-0.25, -0.2) is 4.98 Å². The Morgan fingerprint density at radius 1 is 0.471 bits per heavy atom. The van der Waals surface area contributed by atoms with Gasteiger partial charge in [-0.1, -0.05) is 116 Å². The van der Waals surface area contributed by atoms with Gasteiger partial charge in [0, 0.05) is 5.02 Å². The molecule has 0 bridgehead atoms. The van der Waals surface area contributed by atoms with Crippen molar-refractivity contribution in [3.05, 3.63) is 86.2 Å². The second-order valence-electron chi connectivity index (χ2n) is 13.3. The Kier molecular flexibility index (Phi) is 30.4. The molecule has 3 nitrogen and oxygen atoms in total. The zero-order valence-electron chi connectivity index (χ0n) is 32.1. The second kappa shape index (κ2) is 30.0. The van der Waals surface area contributed by atoms with Crippen molar-refractivity contribution in [3.8, 4) is 0 Å². The van der Waals surface area contributed by atoms with Crippen LogP contribution in [-0.2, 0) is 55.6 Å². The predicted molar refractivity (Wildman–Crippen MR) is 208 cm³/mol. The largest absolute Gasteiger partial charge is 3.00 e. The van der Waals surface area contributed by atoms with Crippen LogP contribution in [0.2, 0.25) is 5.02 Å². The van der Waals surface area contributed by atoms with Crippen LogP contribution in [0, 0.1) is 0 Å². The molecule has 8 heteroatoms. The molecule has 2 aromatic carbocycles. The van der Waals surface area contributed by atoms with E-state index in [4.69, 9.17) is 26.6 Å². The van der Waals surface area contributed by atoms with Crippen LogP contribution in [-0.4, -0.2) is 17.4 Å². The van der Waals surface area contributed by atoms with Crippen molar-refractivity contribution >= 4 is 35.4 Å². The molecule has 3 rings (SSSR count). The molecule has 0 amide bonds. The van der Waals surface area contributed by atoms with Gasteiger partial charge in [0.1, 0.15) is 0 Å². The second-order valence-corrected chi connectivity index (χ2v) is 13.7. The summed E-state index contributed by atoms with van der Waals surface area (Å²) in [6, 6.07) is 13.5. The van der Waals surface area contributed by atoms with Gasteiger partial charge in [0.2, 0.25) is 0 Å². The van der Waals surface area contributed by atoms with E-state index >= 15 is 0 Å². The molecule has 0 saturated carbocycles. The zero-order chi connectivity index (χ0) is 33.9. The third kappa shape index (κ3) is 18.0. The molecule has 1 heterocycles. The SMILES string of the molecule is CCCCc1cc(CCCC)c(N=Cc2cc(Cl)cc(C=Nc3c(CCCC)cc(CCCC)cc3CCCC)n2)c(CCCC)c1.[Cl-].[Cl-].[Cl-].[Fe+3]. The van der Waals surface area contributed by atoms with Crippen LogP contribution in [0.25, 0.3) is 0 Å². The molecule has 51 heavy (non-hydrogen) atoms. The number of aryl methyl sites for hydroxylation is 6. The van der Waals surface area contributed by atoms with E-state index in [1.807, 2.05) is 24.6 Å². The number of nitrogens with zero attached hydrogens (tertiary/aromatic N) is 3. The Morgan fingerprint density at radius 2 is 0.745 bits per heavy atom. The van der Waals surface area contributed by atoms with E-state index in [1.54, 1.807) is 0 Å². The molecule has 0 aliphatic heterocycles. The third-order valence-electron chi connectivity index (χ3n) is 8.97. The van der Waals surface area contributed by atoms with Crippen LogP contribution < -0.4 is 37.2 Å². The van der Waals surface area contributed by atoms with Crippen molar-refractivity contribution in [2.45, 2.75) is 157 Å². The van der Waals surface area contributed by atoms with E-state index < -0.39 is 0 Å². The van der Waals surface area contributed by atoms with Crippen molar-refractivity contribution < 1.29 is 54.3 Å². The molecule has 0 spiro atoms. The quantitative estimate of drug-likeness (QED) is 0.110. The van der Waals surface area contributed by atoms with Gasteiger partial charge in [0.05, 0.1) is 35.2 Å². The van der Waals surface area contributed by atoms with E-state index in [9.17, 15) is 0 Å². The van der Waals surface area contributed by atoms with Crippen molar-refractivity contribution in [2.75, 3.05) is 0 Å². The number of benzene rings is 2. The molecule has 1 aromatic heterocycles. The summed E-state index contributed by atoms with van der Waals surface area (Å²) in [5.41, 5.74) is 12.2. The van der Waals surface area contributed by atoms with Crippen molar-refractivity contribution in [1.82, 2.24) is 4.98 Å². The zero-order valence-corrected chi connectivity index (χ0v) is 36.2. The van der Waals surface area contributed by atoms with Gasteiger partial charge in [-0.15, -0.1) is 0 Å². The van der Waals surface area contributed by atoms with Crippen LogP contribution in [0.5, 0.6) is 0 Å². The number of hydrogen-bond donors (Lipinski definition) is 0. The van der Waals surface area contributed by atoms with Crippen LogP contribution in [0.3, 0.4) is 0 Å². The summed E-state index contributed by atoms with van der Waals surface area (Å²) in [6.07, 6.45) is 24.6. The van der Waals surface area contributed by atoms with Crippen LogP contribution in [0.1, 0.15) is 163 Å². The maximum absolute atomic E-state index is 6.69. The van der Waals surface area contributed by atoms with Crippen molar-refractivity contribution in [3.63, 3.8) is 0 Å². The Balaban J connectivity index is 0. The first-order chi connectivity index (χ1) is 23.0. The minimum absolute atomic E-state index is 0. The predicted octanol–water partition coefficient (Wildman–Crippen LogP) is 4.30. The maximum atomic E-state index is 6.69. The number of aromatic nitrogens is 1. The molecule has 0 N–H and O–H groups in total. The molecule has 285 valence electrons. The summed E-state index contributed by atoms with van der Waals surface area (Å²) in [6.45, 7) is 13.6. The first kappa shape index (κ1) is 51.7. The number of hydrogen-bond acceptors (Lipinski definition) is 3. The smallest absolute Gasteiger partial charge is 1.00 e. The maximum Gasteiger partial charge on any atom is 3.00 e. The first-order valence-corrected chi connectivity index (χ1v) is 19.4. The summed E-state index contributed by atoms with van der Waals surface area (Å²) in [4.78, 5) is 15.3. The minimum atomic E-state index is 0. The molecule has 0 aliphatic rings. The average Bonchev–Trinajstić information content (AvgIpc) is 3.07. The fourth-order valence-corrected chi connectivity index (χ4v) is 6.43. The first-order valence-electron chi connectivity index (χ1n) is 19.0. The summed E-state index contributed by atoms with van der Waals surface area (Å²) in [5, 5.41) is 0.655. The molecule has 0 fully saturated rings. The van der Waals surface area contributed by atoms with Crippen LogP contribution in [0.4, 0.5) is 11.4 Å². The fourth-order valence-electron chi connectivity index (χ4n) is 6.21. The van der Waals surface area contributed by atoms with E-state index in [0.717, 1.165) is 61.3 Å². The molecule has 0 aliphatic carbocycles. The van der Waals surface area contributed by atoms with E-state index in [0.29, 0.717) is 5.02 Å². The summed E-state index contributed by atoms with van der Waals surface area (Å²) in [7, 11) is 0. The van der Waals surface area contributed by atoms with Crippen molar-refractivity contribution in [1.29, 1.82) is 0 Å². The number of aliphatic imine (C=N–C) groups is 2. The molecular weight excluding hydrogens is 756 g/mol. The molecule has 1 radical (unpaired) electrons.